The minimum absolute atomic E-state index is 1.22. The van der Waals surface area contributed by atoms with Crippen LogP contribution in [0.25, 0.3) is 0 Å². The van der Waals surface area contributed by atoms with Gasteiger partial charge in [-0.3, -0.25) is 0 Å². The van der Waals surface area contributed by atoms with Gasteiger partial charge in [0.1, 0.15) is 0 Å². The van der Waals surface area contributed by atoms with Crippen molar-refractivity contribution in [3.63, 3.8) is 0 Å². The van der Waals surface area contributed by atoms with E-state index in [1.54, 1.807) is 5.56 Å². The molecule has 0 unspecified atom stereocenters. The molecule has 0 saturated heterocycles. The third-order valence-electron chi connectivity index (χ3n) is 1.93. The molecule has 52 valence electrons. The van der Waals surface area contributed by atoms with Gasteiger partial charge in [-0.25, -0.2) is 0 Å². The fourth-order valence-corrected chi connectivity index (χ4v) is 2.44. The lowest BCUT2D eigenvalue weighted by atomic mass is 10.1. The molecule has 1 aromatic carbocycles. The normalized spacial score (nSPS) is 14.5. The quantitative estimate of drug-likeness (QED) is 0.425. The highest BCUT2D eigenvalue weighted by atomic mass is 32.1. The van der Waals surface area contributed by atoms with E-state index in [4.69, 9.17) is 0 Å². The van der Waals surface area contributed by atoms with Crippen LogP contribution in [0, 0.1) is 6.92 Å². The molecule has 10 heavy (non-hydrogen) atoms. The lowest BCUT2D eigenvalue weighted by molar-refractivity contribution is 1.31. The molecule has 0 aromatic heterocycles. The van der Waals surface area contributed by atoms with Gasteiger partial charge < -0.3 is 0 Å². The summed E-state index contributed by atoms with van der Waals surface area (Å²) in [6, 6.07) is 6.52. The molecule has 1 heterocycles. The highest BCUT2D eigenvalue weighted by Crippen LogP contribution is 2.21. The Morgan fingerprint density at radius 1 is 1.40 bits per heavy atom. The number of benzene rings is 1. The van der Waals surface area contributed by atoms with Gasteiger partial charge in [0.2, 0.25) is 0 Å². The van der Waals surface area contributed by atoms with E-state index >= 15 is 0 Å². The molecule has 0 nitrogen and oxygen atoms in total. The summed E-state index contributed by atoms with van der Waals surface area (Å²) >= 11 is 1.45. The molecule has 0 fully saturated rings. The monoisotopic (exact) mass is 150 g/mol. The van der Waals surface area contributed by atoms with Crippen LogP contribution in [0.2, 0.25) is 0 Å². The minimum Gasteiger partial charge on any atom is -0.195 e. The largest absolute Gasteiger partial charge is 0.195 e. The second-order valence-electron chi connectivity index (χ2n) is 2.61. The molecule has 0 spiro atoms. The van der Waals surface area contributed by atoms with Crippen LogP contribution in [-0.2, 0) is 5.75 Å². The van der Waals surface area contributed by atoms with Crippen molar-refractivity contribution in [2.45, 2.75) is 12.7 Å². The Morgan fingerprint density at radius 2 is 2.30 bits per heavy atom. The van der Waals surface area contributed by atoms with Gasteiger partial charge in [-0.2, -0.15) is 11.4 Å². The molecule has 0 aliphatic carbocycles. The Morgan fingerprint density at radius 3 is 3.10 bits per heavy atom. The van der Waals surface area contributed by atoms with E-state index < -0.39 is 0 Å². The topological polar surface area (TPSA) is 0 Å². The van der Waals surface area contributed by atoms with Gasteiger partial charge in [-0.1, -0.05) is 18.2 Å². The zero-order valence-corrected chi connectivity index (χ0v) is 6.86. The predicted octanol–water partition coefficient (Wildman–Crippen LogP) is 2.12. The number of hydrogen-bond donors (Lipinski definition) is 1. The molecule has 2 rings (SSSR count). The van der Waals surface area contributed by atoms with Gasteiger partial charge in [0, 0.05) is 5.75 Å². The Kier molecular flexibility index (Phi) is 1.38. The van der Waals surface area contributed by atoms with Crippen molar-refractivity contribution >= 4 is 16.7 Å². The number of hydrogen-bond acceptors (Lipinski definition) is 0. The minimum atomic E-state index is 1.22. The van der Waals surface area contributed by atoms with E-state index in [2.05, 4.69) is 30.5 Å². The molecular weight excluding hydrogens is 140 g/mol. The summed E-state index contributed by atoms with van der Waals surface area (Å²) in [6.45, 7) is 2.19. The van der Waals surface area contributed by atoms with Crippen LogP contribution in [0.5, 0.6) is 0 Å². The molecule has 0 N–H and O–H groups in total. The maximum absolute atomic E-state index is 2.29. The summed E-state index contributed by atoms with van der Waals surface area (Å²) < 4.78 is 0. The van der Waals surface area contributed by atoms with Crippen LogP contribution in [-0.4, -0.2) is 5.37 Å². The molecule has 1 aliphatic heterocycles. The van der Waals surface area contributed by atoms with Gasteiger partial charge >= 0.3 is 0 Å². The Hall–Kier alpha value is -0.560. The molecule has 1 aliphatic rings. The maximum atomic E-state index is 2.29. The van der Waals surface area contributed by atoms with Gasteiger partial charge in [0.25, 0.3) is 0 Å². The number of thiol groups is 1. The molecule has 1 heteroatoms. The zero-order chi connectivity index (χ0) is 6.97. The average molecular weight is 150 g/mol. The predicted molar refractivity (Wildman–Crippen MR) is 49.0 cm³/mol. The first-order chi connectivity index (χ1) is 4.88. The highest BCUT2D eigenvalue weighted by molar-refractivity contribution is 7.97. The summed E-state index contributed by atoms with van der Waals surface area (Å²) in [5.74, 6) is 1.22. The van der Waals surface area contributed by atoms with Crippen molar-refractivity contribution < 1.29 is 0 Å². The van der Waals surface area contributed by atoms with Crippen LogP contribution in [0.3, 0.4) is 0 Å². The first-order valence-corrected chi connectivity index (χ1v) is 4.61. The molecule has 0 atom stereocenters. The van der Waals surface area contributed by atoms with E-state index in [9.17, 15) is 0 Å². The maximum Gasteiger partial charge on any atom is 0.0115 e. The molecule has 0 amide bonds. The van der Waals surface area contributed by atoms with E-state index in [1.165, 1.54) is 28.2 Å². The summed E-state index contributed by atoms with van der Waals surface area (Å²) in [4.78, 5) is 0. The van der Waals surface area contributed by atoms with Crippen molar-refractivity contribution in [1.29, 1.82) is 0 Å². The van der Waals surface area contributed by atoms with E-state index in [-0.39, 0.29) is 0 Å². The SMILES string of the molecule is Cc1cccc2c1C[SH]=C2. The highest BCUT2D eigenvalue weighted by Gasteiger charge is 2.04. The molecule has 0 bridgehead atoms. The summed E-state index contributed by atoms with van der Waals surface area (Å²) in [5.41, 5.74) is 4.43. The summed E-state index contributed by atoms with van der Waals surface area (Å²) in [7, 11) is 0. The lowest BCUT2D eigenvalue weighted by Crippen LogP contribution is -1.86. The van der Waals surface area contributed by atoms with Gasteiger partial charge in [0.05, 0.1) is 0 Å². The molecule has 0 saturated carbocycles. The number of fused-ring (bicyclic) bond motifs is 1. The van der Waals surface area contributed by atoms with Crippen LogP contribution >= 0.6 is 11.4 Å². The first-order valence-electron chi connectivity index (χ1n) is 3.46. The molecule has 0 radical (unpaired) electrons. The fraction of sp³-hybridized carbons (Fsp3) is 0.222. The van der Waals surface area contributed by atoms with Crippen molar-refractivity contribution in [3.8, 4) is 0 Å². The van der Waals surface area contributed by atoms with E-state index in [0.29, 0.717) is 0 Å². The van der Waals surface area contributed by atoms with Crippen LogP contribution < -0.4 is 0 Å². The Labute approximate surface area is 64.8 Å². The van der Waals surface area contributed by atoms with Gasteiger partial charge in [-0.05, 0) is 29.0 Å². The summed E-state index contributed by atoms with van der Waals surface area (Å²) in [6.07, 6.45) is 0. The zero-order valence-electron chi connectivity index (χ0n) is 5.96. The second-order valence-corrected chi connectivity index (χ2v) is 3.55. The third kappa shape index (κ3) is 0.816. The number of rotatable bonds is 0. The average Bonchev–Trinajstić information content (AvgIpc) is 2.36. The molecular formula is C9H10S. The lowest BCUT2D eigenvalue weighted by Gasteiger charge is -2.00. The Balaban J connectivity index is 2.66. The van der Waals surface area contributed by atoms with Crippen LogP contribution in [0.1, 0.15) is 16.7 Å². The first kappa shape index (κ1) is 6.17. The van der Waals surface area contributed by atoms with Crippen molar-refractivity contribution in [2.75, 3.05) is 0 Å². The second kappa shape index (κ2) is 2.24. The van der Waals surface area contributed by atoms with Crippen molar-refractivity contribution in [1.82, 2.24) is 0 Å². The van der Waals surface area contributed by atoms with E-state index in [0.717, 1.165) is 0 Å². The van der Waals surface area contributed by atoms with Crippen LogP contribution in [0.15, 0.2) is 18.2 Å². The van der Waals surface area contributed by atoms with Gasteiger partial charge in [0.15, 0.2) is 0 Å². The van der Waals surface area contributed by atoms with E-state index in [1.807, 2.05) is 0 Å². The summed E-state index contributed by atoms with van der Waals surface area (Å²) in [5, 5.41) is 2.29. The van der Waals surface area contributed by atoms with Gasteiger partial charge in [-0.15, -0.1) is 0 Å². The third-order valence-corrected chi connectivity index (χ3v) is 2.89. The van der Waals surface area contributed by atoms with Crippen LogP contribution in [0.4, 0.5) is 0 Å². The van der Waals surface area contributed by atoms with Crippen molar-refractivity contribution in [3.05, 3.63) is 34.9 Å². The smallest absolute Gasteiger partial charge is 0.0115 e. The standard InChI is InChI=1S/C9H10S/c1-7-3-2-4-8-5-10-6-9(7)8/h2-5,10H,6H2,1H3. The molecule has 1 aromatic rings. The van der Waals surface area contributed by atoms with Crippen molar-refractivity contribution in [2.24, 2.45) is 0 Å². The Bertz CT molecular complexity index is 287. The fourth-order valence-electron chi connectivity index (χ4n) is 1.30. The number of aryl methyl sites for hydroxylation is 1.